The maximum atomic E-state index is 12.2. The van der Waals surface area contributed by atoms with Crippen molar-refractivity contribution in [3.63, 3.8) is 0 Å². The number of halogens is 2. The third kappa shape index (κ3) is 8.93. The fraction of sp³-hybridized carbons (Fsp3) is 0.160. The van der Waals surface area contributed by atoms with Crippen LogP contribution in [0.5, 0.6) is 11.5 Å². The lowest BCUT2D eigenvalue weighted by molar-refractivity contribution is -0.119. The Kier molecular flexibility index (Phi) is 10.5. The Bertz CT molecular complexity index is 1180. The van der Waals surface area contributed by atoms with Gasteiger partial charge in [-0.3, -0.25) is 9.59 Å². The molecule has 10 heteroatoms. The first-order valence-corrected chi connectivity index (χ1v) is 12.7. The molecule has 0 aliphatic heterocycles. The van der Waals surface area contributed by atoms with Crippen LogP contribution in [0.15, 0.2) is 81.2 Å². The van der Waals surface area contributed by atoms with Gasteiger partial charge in [-0.15, -0.1) is 11.8 Å². The molecule has 0 atom stereocenters. The average Bonchev–Trinajstić information content (AvgIpc) is 2.85. The van der Waals surface area contributed by atoms with Crippen LogP contribution in [-0.4, -0.2) is 37.0 Å². The van der Waals surface area contributed by atoms with Crippen molar-refractivity contribution >= 4 is 63.0 Å². The smallest absolute Gasteiger partial charge is 0.262 e. The molecule has 2 N–H and O–H groups in total. The Hall–Kier alpha value is -3.01. The van der Waals surface area contributed by atoms with E-state index in [2.05, 4.69) is 31.8 Å². The van der Waals surface area contributed by atoms with Crippen LogP contribution in [0.3, 0.4) is 0 Å². The van der Waals surface area contributed by atoms with Gasteiger partial charge in [-0.1, -0.05) is 29.8 Å². The molecule has 0 aromatic heterocycles. The lowest BCUT2D eigenvalue weighted by Crippen LogP contribution is -2.20. The molecule has 0 spiro atoms. The number of thioether (sulfide) groups is 1. The fourth-order valence-corrected chi connectivity index (χ4v) is 4.02. The van der Waals surface area contributed by atoms with Crippen LogP contribution in [0.2, 0.25) is 5.02 Å². The van der Waals surface area contributed by atoms with Gasteiger partial charge in [0.2, 0.25) is 5.91 Å². The van der Waals surface area contributed by atoms with Crippen molar-refractivity contribution in [3.05, 3.63) is 81.8 Å². The van der Waals surface area contributed by atoms with Crippen LogP contribution >= 0.6 is 39.3 Å². The molecule has 3 aromatic rings. The van der Waals surface area contributed by atoms with E-state index in [1.807, 2.05) is 37.3 Å². The number of carbonyl (C=O) groups excluding carboxylic acids is 2. The number of para-hydroxylation sites is 1. The van der Waals surface area contributed by atoms with Crippen molar-refractivity contribution in [1.82, 2.24) is 5.43 Å². The van der Waals surface area contributed by atoms with Crippen molar-refractivity contribution in [2.24, 2.45) is 5.10 Å². The topological polar surface area (TPSA) is 89.0 Å². The summed E-state index contributed by atoms with van der Waals surface area (Å²) in [7, 11) is 0. The number of rotatable bonds is 11. The molecule has 0 unspecified atom stereocenters. The van der Waals surface area contributed by atoms with Gasteiger partial charge in [0, 0.05) is 25.6 Å². The first-order valence-electron chi connectivity index (χ1n) is 10.6. The summed E-state index contributed by atoms with van der Waals surface area (Å²) in [6.45, 7) is 2.07. The van der Waals surface area contributed by atoms with Crippen molar-refractivity contribution in [2.45, 2.75) is 11.8 Å². The highest BCUT2D eigenvalue weighted by molar-refractivity contribution is 9.10. The van der Waals surface area contributed by atoms with Gasteiger partial charge in [0.15, 0.2) is 18.1 Å². The third-order valence-corrected chi connectivity index (χ3v) is 6.31. The number of ether oxygens (including phenoxy) is 2. The average molecular weight is 577 g/mol. The Balaban J connectivity index is 1.56. The number of nitrogens with zero attached hydrogens (tertiary/aromatic N) is 1. The van der Waals surface area contributed by atoms with Crippen molar-refractivity contribution in [3.8, 4) is 11.5 Å². The first kappa shape index (κ1) is 26.6. The number of hydrogen-bond acceptors (Lipinski definition) is 6. The molecule has 182 valence electrons. The summed E-state index contributed by atoms with van der Waals surface area (Å²) in [5, 5.41) is 7.44. The zero-order chi connectivity index (χ0) is 25.0. The highest BCUT2D eigenvalue weighted by Gasteiger charge is 2.12. The summed E-state index contributed by atoms with van der Waals surface area (Å²) < 4.78 is 12.0. The summed E-state index contributed by atoms with van der Waals surface area (Å²) in [5.74, 6) is 0.533. The molecule has 0 aliphatic carbocycles. The van der Waals surface area contributed by atoms with Crippen LogP contribution in [0.1, 0.15) is 12.5 Å². The number of amides is 2. The number of benzene rings is 3. The number of hydrogen-bond donors (Lipinski definition) is 2. The van der Waals surface area contributed by atoms with E-state index in [1.165, 1.54) is 18.0 Å². The maximum Gasteiger partial charge on any atom is 0.262 e. The van der Waals surface area contributed by atoms with E-state index in [4.69, 9.17) is 21.1 Å². The van der Waals surface area contributed by atoms with Crippen molar-refractivity contribution in [1.29, 1.82) is 0 Å². The summed E-state index contributed by atoms with van der Waals surface area (Å²) in [6, 6.07) is 19.8. The van der Waals surface area contributed by atoms with Crippen LogP contribution < -0.4 is 20.2 Å². The molecule has 7 nitrogen and oxygen atoms in total. The van der Waals surface area contributed by atoms with Crippen LogP contribution in [0.4, 0.5) is 5.69 Å². The predicted octanol–water partition coefficient (Wildman–Crippen LogP) is 5.76. The molecule has 0 fully saturated rings. The molecule has 2 amide bonds. The minimum absolute atomic E-state index is 0.184. The standard InChI is InChI=1S/C25H23BrClN3O4S/c1-2-33-22-12-17(14-28-30-25(32)16-35-20-10-8-18(27)9-11-20)21(26)13-23(22)34-15-24(31)29-19-6-4-3-5-7-19/h3-14H,2,15-16H2,1H3,(H,29,31)(H,30,32)/b28-14-. The molecule has 0 saturated carbocycles. The van der Waals surface area contributed by atoms with E-state index < -0.39 is 0 Å². The van der Waals surface area contributed by atoms with E-state index in [-0.39, 0.29) is 24.2 Å². The molecule has 35 heavy (non-hydrogen) atoms. The molecular weight excluding hydrogens is 554 g/mol. The molecule has 0 radical (unpaired) electrons. The van der Waals surface area contributed by atoms with Gasteiger partial charge >= 0.3 is 0 Å². The number of hydrazone groups is 1. The summed E-state index contributed by atoms with van der Waals surface area (Å²) in [5.41, 5.74) is 3.86. The Labute approximate surface area is 221 Å². The van der Waals surface area contributed by atoms with Gasteiger partial charge in [0.1, 0.15) is 0 Å². The van der Waals surface area contributed by atoms with E-state index in [1.54, 1.807) is 36.4 Å². The maximum absolute atomic E-state index is 12.2. The number of carbonyl (C=O) groups is 2. The zero-order valence-electron chi connectivity index (χ0n) is 18.8. The SMILES string of the molecule is CCOc1cc(/C=N\NC(=O)CSc2ccc(Cl)cc2)c(Br)cc1OCC(=O)Nc1ccccc1. The zero-order valence-corrected chi connectivity index (χ0v) is 22.0. The van der Waals surface area contributed by atoms with E-state index in [0.29, 0.717) is 38.9 Å². The van der Waals surface area contributed by atoms with Gasteiger partial charge in [0.25, 0.3) is 5.91 Å². The van der Waals surface area contributed by atoms with Gasteiger partial charge in [-0.2, -0.15) is 5.10 Å². The molecule has 0 heterocycles. The normalized spacial score (nSPS) is 10.7. The predicted molar refractivity (Wildman–Crippen MR) is 144 cm³/mol. The van der Waals surface area contributed by atoms with Crippen molar-refractivity contribution < 1.29 is 19.1 Å². The molecule has 0 bridgehead atoms. The Morgan fingerprint density at radius 1 is 1.03 bits per heavy atom. The lowest BCUT2D eigenvalue weighted by atomic mass is 10.2. The number of nitrogens with one attached hydrogen (secondary N) is 2. The summed E-state index contributed by atoms with van der Waals surface area (Å²) in [4.78, 5) is 25.2. The minimum Gasteiger partial charge on any atom is -0.490 e. The molecule has 3 rings (SSSR count). The van der Waals surface area contributed by atoms with E-state index in [9.17, 15) is 9.59 Å². The number of anilines is 1. The third-order valence-electron chi connectivity index (χ3n) is 4.36. The van der Waals surface area contributed by atoms with Crippen molar-refractivity contribution in [2.75, 3.05) is 24.3 Å². The first-order chi connectivity index (χ1) is 16.9. The second-order valence-electron chi connectivity index (χ2n) is 6.99. The second kappa shape index (κ2) is 13.8. The van der Waals surface area contributed by atoms with E-state index in [0.717, 1.165) is 4.90 Å². The second-order valence-corrected chi connectivity index (χ2v) is 9.33. The largest absolute Gasteiger partial charge is 0.490 e. The van der Waals surface area contributed by atoms with Gasteiger partial charge < -0.3 is 14.8 Å². The van der Waals surface area contributed by atoms with Gasteiger partial charge in [0.05, 0.1) is 18.6 Å². The van der Waals surface area contributed by atoms with Gasteiger partial charge in [-0.25, -0.2) is 5.43 Å². The monoisotopic (exact) mass is 575 g/mol. The molecular formula is C25H23BrClN3O4S. The van der Waals surface area contributed by atoms with Gasteiger partial charge in [-0.05, 0) is 71.4 Å². The van der Waals surface area contributed by atoms with Crippen LogP contribution in [-0.2, 0) is 9.59 Å². The Morgan fingerprint density at radius 3 is 2.46 bits per heavy atom. The molecule has 0 saturated heterocycles. The Morgan fingerprint density at radius 2 is 1.74 bits per heavy atom. The molecule has 0 aliphatic rings. The quantitative estimate of drug-likeness (QED) is 0.172. The highest BCUT2D eigenvalue weighted by Crippen LogP contribution is 2.33. The van der Waals surface area contributed by atoms with Crippen LogP contribution in [0.25, 0.3) is 0 Å². The van der Waals surface area contributed by atoms with E-state index >= 15 is 0 Å². The minimum atomic E-state index is -0.292. The lowest BCUT2D eigenvalue weighted by Gasteiger charge is -2.14. The molecule has 3 aromatic carbocycles. The summed E-state index contributed by atoms with van der Waals surface area (Å²) in [6.07, 6.45) is 1.50. The fourth-order valence-electron chi connectivity index (χ4n) is 2.78. The van der Waals surface area contributed by atoms with Crippen LogP contribution in [0, 0.1) is 0 Å². The highest BCUT2D eigenvalue weighted by atomic mass is 79.9. The summed E-state index contributed by atoms with van der Waals surface area (Å²) >= 11 is 10.7.